The molecule has 1 heterocycles. The molecule has 0 spiro atoms. The first-order valence-corrected chi connectivity index (χ1v) is 6.79. The van der Waals surface area contributed by atoms with Gasteiger partial charge in [-0.3, -0.25) is 16.0 Å². The summed E-state index contributed by atoms with van der Waals surface area (Å²) in [6.07, 6.45) is 3.42. The van der Waals surface area contributed by atoms with Gasteiger partial charge in [-0.1, -0.05) is 22.0 Å². The summed E-state index contributed by atoms with van der Waals surface area (Å²) >= 11 is 3.37. The average molecular weight is 327 g/mol. The van der Waals surface area contributed by atoms with Gasteiger partial charge in [0.15, 0.2) is 0 Å². The maximum absolute atomic E-state index is 13.1. The molecule has 1 aromatic carbocycles. The van der Waals surface area contributed by atoms with Crippen molar-refractivity contribution in [2.45, 2.75) is 18.9 Å². The van der Waals surface area contributed by atoms with Crippen LogP contribution in [0.15, 0.2) is 34.9 Å². The lowest BCUT2D eigenvalue weighted by Gasteiger charge is -2.18. The van der Waals surface area contributed by atoms with Crippen molar-refractivity contribution < 1.29 is 4.39 Å². The van der Waals surface area contributed by atoms with E-state index in [1.807, 2.05) is 17.8 Å². The zero-order valence-corrected chi connectivity index (χ0v) is 12.2. The van der Waals surface area contributed by atoms with Gasteiger partial charge in [0.1, 0.15) is 5.82 Å². The van der Waals surface area contributed by atoms with Crippen LogP contribution >= 0.6 is 15.9 Å². The molecule has 4 nitrogen and oxygen atoms in total. The van der Waals surface area contributed by atoms with Crippen LogP contribution in [0, 0.1) is 5.82 Å². The van der Waals surface area contributed by atoms with Crippen LogP contribution in [0.4, 0.5) is 4.39 Å². The summed E-state index contributed by atoms with van der Waals surface area (Å²) in [5, 5.41) is 4.13. The Morgan fingerprint density at radius 2 is 2.26 bits per heavy atom. The summed E-state index contributed by atoms with van der Waals surface area (Å²) in [7, 11) is 1.91. The summed E-state index contributed by atoms with van der Waals surface area (Å²) in [5.41, 5.74) is 4.87. The molecule has 2 rings (SSSR count). The standard InChI is InChI=1S/C13H16BrFN4/c1-19-10(6-7-17-19)3-5-13(18-16)11-4-2-9(15)8-12(11)14/h2,4,6-8,13,18H,3,5,16H2,1H3. The van der Waals surface area contributed by atoms with E-state index < -0.39 is 0 Å². The molecule has 1 atom stereocenters. The maximum atomic E-state index is 13.1. The molecule has 1 aromatic heterocycles. The van der Waals surface area contributed by atoms with Crippen molar-refractivity contribution in [2.75, 3.05) is 0 Å². The van der Waals surface area contributed by atoms with Crippen LogP contribution in [-0.4, -0.2) is 9.78 Å². The van der Waals surface area contributed by atoms with Crippen LogP contribution in [0.3, 0.4) is 0 Å². The van der Waals surface area contributed by atoms with Crippen LogP contribution in [0.2, 0.25) is 0 Å². The number of halogens is 2. The first-order valence-electron chi connectivity index (χ1n) is 5.99. The lowest BCUT2D eigenvalue weighted by molar-refractivity contribution is 0.503. The number of nitrogens with one attached hydrogen (secondary N) is 1. The molecule has 19 heavy (non-hydrogen) atoms. The van der Waals surface area contributed by atoms with Crippen molar-refractivity contribution in [2.24, 2.45) is 12.9 Å². The second kappa shape index (κ2) is 6.27. The minimum Gasteiger partial charge on any atom is -0.273 e. The summed E-state index contributed by atoms with van der Waals surface area (Å²) in [6.45, 7) is 0. The van der Waals surface area contributed by atoms with E-state index >= 15 is 0 Å². The van der Waals surface area contributed by atoms with E-state index in [9.17, 15) is 4.39 Å². The first kappa shape index (κ1) is 14.2. The van der Waals surface area contributed by atoms with Gasteiger partial charge >= 0.3 is 0 Å². The molecule has 0 aliphatic heterocycles. The number of nitrogens with two attached hydrogens (primary N) is 1. The van der Waals surface area contributed by atoms with Crippen molar-refractivity contribution in [1.82, 2.24) is 15.2 Å². The highest BCUT2D eigenvalue weighted by atomic mass is 79.9. The number of rotatable bonds is 5. The van der Waals surface area contributed by atoms with Crippen LogP contribution in [-0.2, 0) is 13.5 Å². The minimum atomic E-state index is -0.266. The van der Waals surface area contributed by atoms with Crippen LogP contribution < -0.4 is 11.3 Å². The largest absolute Gasteiger partial charge is 0.273 e. The number of aryl methyl sites for hydroxylation is 2. The highest BCUT2D eigenvalue weighted by Gasteiger charge is 2.14. The van der Waals surface area contributed by atoms with Crippen LogP contribution in [0.5, 0.6) is 0 Å². The van der Waals surface area contributed by atoms with Gasteiger partial charge in [-0.25, -0.2) is 4.39 Å². The quantitative estimate of drug-likeness (QED) is 0.655. The van der Waals surface area contributed by atoms with Gasteiger partial charge in [0.05, 0.1) is 0 Å². The number of hydrazine groups is 1. The number of hydrogen-bond acceptors (Lipinski definition) is 3. The molecule has 0 bridgehead atoms. The fraction of sp³-hybridized carbons (Fsp3) is 0.308. The highest BCUT2D eigenvalue weighted by Crippen LogP contribution is 2.27. The van der Waals surface area contributed by atoms with Crippen molar-refractivity contribution >= 4 is 15.9 Å². The summed E-state index contributed by atoms with van der Waals surface area (Å²) < 4.78 is 15.6. The van der Waals surface area contributed by atoms with Crippen LogP contribution in [0.25, 0.3) is 0 Å². The molecule has 0 fully saturated rings. The molecule has 0 amide bonds. The van der Waals surface area contributed by atoms with E-state index in [1.165, 1.54) is 12.1 Å². The van der Waals surface area contributed by atoms with Gasteiger partial charge in [0.2, 0.25) is 0 Å². The molecule has 102 valence electrons. The molecular weight excluding hydrogens is 311 g/mol. The Hall–Kier alpha value is -1.24. The van der Waals surface area contributed by atoms with Crippen molar-refractivity contribution in [3.63, 3.8) is 0 Å². The Bertz CT molecular complexity index is 555. The first-order chi connectivity index (χ1) is 9.11. The van der Waals surface area contributed by atoms with Gasteiger partial charge in [0.25, 0.3) is 0 Å². The molecule has 0 saturated heterocycles. The van der Waals surface area contributed by atoms with E-state index in [4.69, 9.17) is 5.84 Å². The van der Waals surface area contributed by atoms with Crippen molar-refractivity contribution in [3.8, 4) is 0 Å². The third-order valence-electron chi connectivity index (χ3n) is 3.15. The summed E-state index contributed by atoms with van der Waals surface area (Å²) in [4.78, 5) is 0. The topological polar surface area (TPSA) is 55.9 Å². The summed E-state index contributed by atoms with van der Waals surface area (Å²) in [6, 6.07) is 6.57. The predicted octanol–water partition coefficient (Wildman–Crippen LogP) is 2.46. The Balaban J connectivity index is 2.10. The van der Waals surface area contributed by atoms with Crippen LogP contribution in [0.1, 0.15) is 23.7 Å². The van der Waals surface area contributed by atoms with Gasteiger partial charge in [-0.2, -0.15) is 5.10 Å². The number of benzene rings is 1. The molecular formula is C13H16BrFN4. The number of nitrogens with zero attached hydrogens (tertiary/aromatic N) is 2. The third kappa shape index (κ3) is 3.40. The molecule has 6 heteroatoms. The normalized spacial score (nSPS) is 12.6. The molecule has 3 N–H and O–H groups in total. The molecule has 2 aromatic rings. The van der Waals surface area contributed by atoms with E-state index in [2.05, 4.69) is 26.5 Å². The van der Waals surface area contributed by atoms with Gasteiger partial charge < -0.3 is 0 Å². The molecule has 0 aliphatic rings. The lowest BCUT2D eigenvalue weighted by atomic mass is 10.0. The fourth-order valence-electron chi connectivity index (χ4n) is 2.05. The van der Waals surface area contributed by atoms with Gasteiger partial charge in [0, 0.05) is 29.5 Å². The SMILES string of the molecule is Cn1nccc1CCC(NN)c1ccc(F)cc1Br. The van der Waals surface area contributed by atoms with E-state index in [0.29, 0.717) is 0 Å². The Morgan fingerprint density at radius 3 is 2.84 bits per heavy atom. The lowest BCUT2D eigenvalue weighted by Crippen LogP contribution is -2.28. The molecule has 1 unspecified atom stereocenters. The minimum absolute atomic E-state index is 0.0372. The fourth-order valence-corrected chi connectivity index (χ4v) is 2.68. The second-order valence-electron chi connectivity index (χ2n) is 4.37. The smallest absolute Gasteiger partial charge is 0.124 e. The average Bonchev–Trinajstić information content (AvgIpc) is 2.78. The van der Waals surface area contributed by atoms with Crippen molar-refractivity contribution in [1.29, 1.82) is 0 Å². The maximum Gasteiger partial charge on any atom is 0.124 e. The Kier molecular flexibility index (Phi) is 4.68. The predicted molar refractivity (Wildman–Crippen MR) is 75.7 cm³/mol. The van der Waals surface area contributed by atoms with Gasteiger partial charge in [-0.15, -0.1) is 0 Å². The molecule has 0 radical (unpaired) electrons. The number of aromatic nitrogens is 2. The van der Waals surface area contributed by atoms with Crippen molar-refractivity contribution in [3.05, 3.63) is 52.0 Å². The van der Waals surface area contributed by atoms with E-state index in [-0.39, 0.29) is 11.9 Å². The highest BCUT2D eigenvalue weighted by molar-refractivity contribution is 9.10. The number of hydrogen-bond donors (Lipinski definition) is 2. The zero-order chi connectivity index (χ0) is 13.8. The molecule has 0 saturated carbocycles. The third-order valence-corrected chi connectivity index (χ3v) is 3.84. The van der Waals surface area contributed by atoms with Gasteiger partial charge in [-0.05, 0) is 36.6 Å². The van der Waals surface area contributed by atoms with E-state index in [0.717, 1.165) is 28.6 Å². The second-order valence-corrected chi connectivity index (χ2v) is 5.22. The Labute approximate surface area is 119 Å². The van der Waals surface area contributed by atoms with E-state index in [1.54, 1.807) is 12.3 Å². The zero-order valence-electron chi connectivity index (χ0n) is 10.6. The monoisotopic (exact) mass is 326 g/mol. The molecule has 0 aliphatic carbocycles. The summed E-state index contributed by atoms with van der Waals surface area (Å²) in [5.74, 6) is 5.34. The Morgan fingerprint density at radius 1 is 1.47 bits per heavy atom.